The molecule has 7 nitrogen and oxygen atoms in total. The average Bonchev–Trinajstić information content (AvgIpc) is 3.17. The van der Waals surface area contributed by atoms with E-state index in [1.807, 2.05) is 0 Å². The number of furan rings is 1. The number of aliphatic hydroxyl groups is 1. The van der Waals surface area contributed by atoms with Crippen molar-refractivity contribution in [2.24, 2.45) is 0 Å². The molecule has 2 N–H and O–H groups in total. The van der Waals surface area contributed by atoms with Gasteiger partial charge in [-0.25, -0.2) is 0 Å². The van der Waals surface area contributed by atoms with E-state index in [1.54, 1.807) is 18.2 Å². The molecule has 25 heavy (non-hydrogen) atoms. The first kappa shape index (κ1) is 16.6. The highest BCUT2D eigenvalue weighted by Crippen LogP contribution is 2.41. The molecule has 1 amide bonds. The third-order valence-electron chi connectivity index (χ3n) is 4.11. The smallest absolute Gasteiger partial charge is 0.290 e. The summed E-state index contributed by atoms with van der Waals surface area (Å²) in [5, 5.41) is 20.0. The van der Waals surface area contributed by atoms with Crippen molar-refractivity contribution in [3.05, 3.63) is 59.3 Å². The molecule has 0 saturated carbocycles. The Hall–Kier alpha value is -3.22. The van der Waals surface area contributed by atoms with Crippen LogP contribution in [0.5, 0.6) is 11.5 Å². The Balaban J connectivity index is 2.09. The number of ketones is 1. The number of hydrogen-bond donors (Lipinski definition) is 2. The Morgan fingerprint density at radius 2 is 2.08 bits per heavy atom. The van der Waals surface area contributed by atoms with Crippen molar-refractivity contribution in [3.8, 4) is 11.5 Å². The van der Waals surface area contributed by atoms with Gasteiger partial charge < -0.3 is 24.3 Å². The van der Waals surface area contributed by atoms with Crippen LogP contribution in [0.1, 0.15) is 24.3 Å². The molecule has 0 bridgehead atoms. The van der Waals surface area contributed by atoms with Crippen LogP contribution in [0.25, 0.3) is 0 Å². The predicted molar refractivity (Wildman–Crippen MR) is 87.0 cm³/mol. The summed E-state index contributed by atoms with van der Waals surface area (Å²) in [6.45, 7) is 1.38. The van der Waals surface area contributed by atoms with Gasteiger partial charge in [0.25, 0.3) is 5.91 Å². The number of aromatic hydroxyl groups is 1. The SMILES string of the molecule is COc1cc([C@@H]2C(C(C)=O)=C(O)C(=O)N2Cc2ccco2)ccc1O. The minimum absolute atomic E-state index is 0.00398. The van der Waals surface area contributed by atoms with Crippen molar-refractivity contribution < 1.29 is 29.0 Å². The molecule has 1 atom stereocenters. The molecule has 2 aromatic rings. The van der Waals surface area contributed by atoms with Gasteiger partial charge in [-0.1, -0.05) is 6.07 Å². The molecule has 1 aliphatic heterocycles. The van der Waals surface area contributed by atoms with Crippen LogP contribution >= 0.6 is 0 Å². The molecule has 2 heterocycles. The van der Waals surface area contributed by atoms with Crippen molar-refractivity contribution in [1.29, 1.82) is 0 Å². The standard InChI is InChI=1S/C18H17NO6/c1-10(20)15-16(11-5-6-13(21)14(8-11)24-2)19(18(23)17(15)22)9-12-4-3-7-25-12/h3-8,16,21-22H,9H2,1-2H3/t16-/m1/s1. The van der Waals surface area contributed by atoms with Gasteiger partial charge in [-0.15, -0.1) is 0 Å². The Bertz CT molecular complexity index is 852. The maximum absolute atomic E-state index is 12.5. The largest absolute Gasteiger partial charge is 0.504 e. The highest BCUT2D eigenvalue weighted by molar-refractivity contribution is 6.08. The van der Waals surface area contributed by atoms with E-state index in [9.17, 15) is 19.8 Å². The van der Waals surface area contributed by atoms with Gasteiger partial charge in [-0.3, -0.25) is 9.59 Å². The number of methoxy groups -OCH3 is 1. The summed E-state index contributed by atoms with van der Waals surface area (Å²) < 4.78 is 10.4. The number of Topliss-reactive ketones (excluding diaryl/α,β-unsaturated/α-hetero) is 1. The number of ether oxygens (including phenoxy) is 1. The van der Waals surface area contributed by atoms with Gasteiger partial charge in [0.1, 0.15) is 5.76 Å². The van der Waals surface area contributed by atoms with Crippen molar-refractivity contribution in [1.82, 2.24) is 4.90 Å². The lowest BCUT2D eigenvalue weighted by Gasteiger charge is -2.26. The minimum atomic E-state index is -0.801. The zero-order valence-electron chi connectivity index (χ0n) is 13.7. The molecule has 0 saturated heterocycles. The second-order valence-electron chi connectivity index (χ2n) is 5.66. The molecule has 0 unspecified atom stereocenters. The molecule has 1 aliphatic rings. The first-order valence-electron chi connectivity index (χ1n) is 7.58. The molecule has 0 spiro atoms. The highest BCUT2D eigenvalue weighted by Gasteiger charge is 2.42. The quantitative estimate of drug-likeness (QED) is 0.865. The number of carbonyl (C=O) groups is 2. The second kappa shape index (κ2) is 6.35. The topological polar surface area (TPSA) is 100 Å². The van der Waals surface area contributed by atoms with Crippen LogP contribution in [0.3, 0.4) is 0 Å². The maximum atomic E-state index is 12.5. The van der Waals surface area contributed by atoms with E-state index in [-0.39, 0.29) is 23.6 Å². The molecule has 1 aromatic carbocycles. The first-order chi connectivity index (χ1) is 11.9. The zero-order chi connectivity index (χ0) is 18.1. The summed E-state index contributed by atoms with van der Waals surface area (Å²) in [5.41, 5.74) is 0.535. The number of benzene rings is 1. The van der Waals surface area contributed by atoms with Crippen LogP contribution in [-0.4, -0.2) is 33.9 Å². The number of rotatable bonds is 5. The van der Waals surface area contributed by atoms with E-state index < -0.39 is 23.5 Å². The van der Waals surface area contributed by atoms with E-state index in [1.165, 1.54) is 37.3 Å². The number of aliphatic hydroxyl groups excluding tert-OH is 1. The third-order valence-corrected chi connectivity index (χ3v) is 4.11. The van der Waals surface area contributed by atoms with Crippen LogP contribution in [0, 0.1) is 0 Å². The lowest BCUT2D eigenvalue weighted by atomic mass is 9.96. The maximum Gasteiger partial charge on any atom is 0.290 e. The van der Waals surface area contributed by atoms with Crippen LogP contribution in [0.4, 0.5) is 0 Å². The number of phenols is 1. The van der Waals surface area contributed by atoms with E-state index in [0.29, 0.717) is 11.3 Å². The van der Waals surface area contributed by atoms with Crippen LogP contribution in [0.15, 0.2) is 52.3 Å². The predicted octanol–water partition coefficient (Wildman–Crippen LogP) is 2.48. The minimum Gasteiger partial charge on any atom is -0.504 e. The van der Waals surface area contributed by atoms with Gasteiger partial charge in [-0.05, 0) is 36.8 Å². The van der Waals surface area contributed by atoms with Gasteiger partial charge in [0.2, 0.25) is 0 Å². The number of nitrogens with zero attached hydrogens (tertiary/aromatic N) is 1. The van der Waals surface area contributed by atoms with Crippen LogP contribution < -0.4 is 4.74 Å². The Morgan fingerprint density at radius 3 is 2.68 bits per heavy atom. The summed E-state index contributed by atoms with van der Waals surface area (Å²) in [5.74, 6) is -0.982. The van der Waals surface area contributed by atoms with Crippen molar-refractivity contribution in [2.45, 2.75) is 19.5 Å². The van der Waals surface area contributed by atoms with Gasteiger partial charge >= 0.3 is 0 Å². The molecule has 130 valence electrons. The Labute approximate surface area is 143 Å². The highest BCUT2D eigenvalue weighted by atomic mass is 16.5. The number of carbonyl (C=O) groups excluding carboxylic acids is 2. The second-order valence-corrected chi connectivity index (χ2v) is 5.66. The van der Waals surface area contributed by atoms with Gasteiger partial charge in [0.05, 0.1) is 31.5 Å². The summed E-state index contributed by atoms with van der Waals surface area (Å²) in [4.78, 5) is 25.9. The lowest BCUT2D eigenvalue weighted by Crippen LogP contribution is -2.30. The number of amides is 1. The normalized spacial score (nSPS) is 17.3. The lowest BCUT2D eigenvalue weighted by molar-refractivity contribution is -0.130. The van der Waals surface area contributed by atoms with Crippen molar-refractivity contribution >= 4 is 11.7 Å². The van der Waals surface area contributed by atoms with E-state index in [0.717, 1.165) is 0 Å². The molecule has 0 fully saturated rings. The Morgan fingerprint density at radius 1 is 1.32 bits per heavy atom. The monoisotopic (exact) mass is 343 g/mol. The summed E-state index contributed by atoms with van der Waals surface area (Å²) in [7, 11) is 1.40. The Kier molecular flexibility index (Phi) is 4.22. The summed E-state index contributed by atoms with van der Waals surface area (Å²) in [6, 6.07) is 7.11. The van der Waals surface area contributed by atoms with E-state index >= 15 is 0 Å². The van der Waals surface area contributed by atoms with Crippen molar-refractivity contribution in [2.75, 3.05) is 7.11 Å². The van der Waals surface area contributed by atoms with Gasteiger partial charge in [0, 0.05) is 0 Å². The van der Waals surface area contributed by atoms with Crippen LogP contribution in [0.2, 0.25) is 0 Å². The number of phenolic OH excluding ortho intramolecular Hbond substituents is 1. The third kappa shape index (κ3) is 2.84. The fourth-order valence-corrected chi connectivity index (χ4v) is 2.96. The van der Waals surface area contributed by atoms with Gasteiger partial charge in [-0.2, -0.15) is 0 Å². The molecule has 0 radical (unpaired) electrons. The fourth-order valence-electron chi connectivity index (χ4n) is 2.96. The molecule has 0 aliphatic carbocycles. The molecule has 3 rings (SSSR count). The molecular formula is C18H17NO6. The zero-order valence-corrected chi connectivity index (χ0v) is 13.7. The number of hydrogen-bond acceptors (Lipinski definition) is 6. The first-order valence-corrected chi connectivity index (χ1v) is 7.58. The van der Waals surface area contributed by atoms with Gasteiger partial charge in [0.15, 0.2) is 23.0 Å². The van der Waals surface area contributed by atoms with E-state index in [2.05, 4.69) is 0 Å². The summed E-state index contributed by atoms with van der Waals surface area (Å²) in [6.07, 6.45) is 1.48. The summed E-state index contributed by atoms with van der Waals surface area (Å²) >= 11 is 0. The fraction of sp³-hybridized carbons (Fsp3) is 0.222. The van der Waals surface area contributed by atoms with Crippen molar-refractivity contribution in [3.63, 3.8) is 0 Å². The van der Waals surface area contributed by atoms with E-state index in [4.69, 9.17) is 9.15 Å². The molecule has 1 aromatic heterocycles. The van der Waals surface area contributed by atoms with Crippen LogP contribution in [-0.2, 0) is 16.1 Å². The molecular weight excluding hydrogens is 326 g/mol. The average molecular weight is 343 g/mol. The molecule has 7 heteroatoms.